The van der Waals surface area contributed by atoms with Gasteiger partial charge in [-0.1, -0.05) is 0 Å². The fourth-order valence-corrected chi connectivity index (χ4v) is 4.48. The number of anilines is 5. The minimum absolute atomic E-state index is 0.200. The first-order valence-corrected chi connectivity index (χ1v) is 13.4. The van der Waals surface area contributed by atoms with Crippen LogP contribution in [0.3, 0.4) is 0 Å². The van der Waals surface area contributed by atoms with Crippen molar-refractivity contribution < 1.29 is 9.90 Å². The van der Waals surface area contributed by atoms with Crippen LogP contribution in [0.1, 0.15) is 37.3 Å². The molecular weight excluding hydrogens is 512 g/mol. The number of terminal acetylenes is 1. The molecule has 0 unspecified atom stereocenters. The van der Waals surface area contributed by atoms with Gasteiger partial charge in [0.15, 0.2) is 11.6 Å². The highest BCUT2D eigenvalue weighted by Crippen LogP contribution is 2.39. The minimum Gasteiger partial charge on any atom is -0.395 e. The van der Waals surface area contributed by atoms with Crippen molar-refractivity contribution in [1.82, 2.24) is 40.0 Å². The van der Waals surface area contributed by atoms with Gasteiger partial charge in [0.1, 0.15) is 0 Å². The lowest BCUT2D eigenvalue weighted by Crippen LogP contribution is -2.47. The van der Waals surface area contributed by atoms with Crippen molar-refractivity contribution in [3.05, 3.63) is 30.4 Å². The maximum Gasteiger partial charge on any atom is 0.235 e. The van der Waals surface area contributed by atoms with E-state index in [-0.39, 0.29) is 6.61 Å². The third-order valence-corrected chi connectivity index (χ3v) is 6.70. The second-order valence-corrected chi connectivity index (χ2v) is 9.47. The molecule has 4 N–H and O–H groups in total. The van der Waals surface area contributed by atoms with Crippen molar-refractivity contribution in [3.63, 3.8) is 0 Å². The van der Waals surface area contributed by atoms with E-state index in [1.807, 2.05) is 0 Å². The van der Waals surface area contributed by atoms with Crippen LogP contribution in [-0.2, 0) is 4.79 Å². The van der Waals surface area contributed by atoms with Gasteiger partial charge in [-0.2, -0.15) is 20.1 Å². The molecule has 3 aromatic rings. The van der Waals surface area contributed by atoms with E-state index in [0.717, 1.165) is 57.6 Å². The molecule has 1 saturated carbocycles. The van der Waals surface area contributed by atoms with E-state index in [2.05, 4.69) is 69.4 Å². The molecule has 2 aliphatic heterocycles. The number of H-pyrrole nitrogens is 1. The van der Waals surface area contributed by atoms with Crippen LogP contribution in [0, 0.1) is 12.8 Å². The molecule has 0 aromatic carbocycles. The zero-order chi connectivity index (χ0) is 28.2. The van der Waals surface area contributed by atoms with Gasteiger partial charge < -0.3 is 25.5 Å². The lowest BCUT2D eigenvalue weighted by atomic mass is 10.3. The van der Waals surface area contributed by atoms with E-state index in [1.54, 1.807) is 0 Å². The van der Waals surface area contributed by atoms with Gasteiger partial charge in [-0.25, -0.2) is 4.98 Å². The summed E-state index contributed by atoms with van der Waals surface area (Å²) in [5.41, 5.74) is 1.18. The Labute approximate surface area is 233 Å². The summed E-state index contributed by atoms with van der Waals surface area (Å²) in [6.45, 7) is 6.39. The Morgan fingerprint density at radius 2 is 1.68 bits per heavy atom. The van der Waals surface area contributed by atoms with Gasteiger partial charge in [-0.15, -0.1) is 12.8 Å². The molecule has 14 nitrogen and oxygen atoms in total. The Balaban J connectivity index is 0.000000285. The molecule has 5 heterocycles. The molecule has 0 bridgehead atoms. The number of carbonyl (C=O) groups is 1. The SMILES string of the molecule is C#C.O=CNc1cnccn1.OCCN1CCN(c2nc(Nc3cc(C4CC4)[nH]n3)nc(N3CCCC3)n2)CC1. The van der Waals surface area contributed by atoms with Crippen LogP contribution in [-0.4, -0.2) is 104 Å². The summed E-state index contributed by atoms with van der Waals surface area (Å²) in [6.07, 6.45) is 17.9. The lowest BCUT2D eigenvalue weighted by molar-refractivity contribution is -0.105. The van der Waals surface area contributed by atoms with Crippen molar-refractivity contribution in [2.24, 2.45) is 0 Å². The number of nitrogens with zero attached hydrogens (tertiary/aromatic N) is 9. The Bertz CT molecular complexity index is 1200. The zero-order valence-corrected chi connectivity index (χ0v) is 22.5. The van der Waals surface area contributed by atoms with E-state index in [4.69, 9.17) is 15.1 Å². The standard InChI is InChI=1S/C19H29N9O.C5H5N3O.C2H2/c29-12-11-26-7-9-28(10-8-26)19-22-17(21-18(23-19)27-5-1-2-6-27)20-16-13-15(24-25-16)14-3-4-14;9-4-8-5-3-6-1-2-7-5;1-2/h13-14,29H,1-12H2,(H2,20,21,22,23,24,25);1-4H,(H,7,8,9);1-2H. The lowest BCUT2D eigenvalue weighted by Gasteiger charge is -2.34. The summed E-state index contributed by atoms with van der Waals surface area (Å²) in [4.78, 5) is 38.2. The molecule has 1 aliphatic carbocycles. The van der Waals surface area contributed by atoms with Crippen LogP contribution in [0.25, 0.3) is 0 Å². The smallest absolute Gasteiger partial charge is 0.235 e. The monoisotopic (exact) mass is 548 g/mol. The summed E-state index contributed by atoms with van der Waals surface area (Å²) in [5.74, 6) is 3.85. The fourth-order valence-electron chi connectivity index (χ4n) is 4.48. The van der Waals surface area contributed by atoms with Crippen molar-refractivity contribution in [1.29, 1.82) is 0 Å². The number of aliphatic hydroxyl groups excluding tert-OH is 1. The summed E-state index contributed by atoms with van der Waals surface area (Å²) >= 11 is 0. The molecule has 14 heteroatoms. The number of aromatic amines is 1. The van der Waals surface area contributed by atoms with Gasteiger partial charge in [0.05, 0.1) is 12.8 Å². The van der Waals surface area contributed by atoms with Crippen LogP contribution in [0.5, 0.6) is 0 Å². The van der Waals surface area contributed by atoms with Crippen molar-refractivity contribution in [2.75, 3.05) is 72.9 Å². The first kappa shape index (κ1) is 28.7. The van der Waals surface area contributed by atoms with Gasteiger partial charge in [-0.05, 0) is 25.7 Å². The number of amides is 1. The number of piperazine rings is 1. The third-order valence-electron chi connectivity index (χ3n) is 6.70. The highest BCUT2D eigenvalue weighted by molar-refractivity contribution is 5.67. The van der Waals surface area contributed by atoms with Gasteiger partial charge in [0, 0.05) is 75.9 Å². The summed E-state index contributed by atoms with van der Waals surface area (Å²) < 4.78 is 0. The first-order valence-electron chi connectivity index (χ1n) is 13.4. The van der Waals surface area contributed by atoms with E-state index in [0.29, 0.717) is 30.0 Å². The van der Waals surface area contributed by atoms with Gasteiger partial charge in [-0.3, -0.25) is 19.8 Å². The molecule has 2 saturated heterocycles. The van der Waals surface area contributed by atoms with Gasteiger partial charge in [0.2, 0.25) is 24.3 Å². The quantitative estimate of drug-likeness (QED) is 0.224. The number of carbonyl (C=O) groups excluding carboxylic acids is 1. The van der Waals surface area contributed by atoms with Gasteiger partial charge >= 0.3 is 0 Å². The highest BCUT2D eigenvalue weighted by Gasteiger charge is 2.26. The molecule has 6 rings (SSSR count). The molecule has 40 heavy (non-hydrogen) atoms. The average Bonchev–Trinajstić information content (AvgIpc) is 3.49. The fraction of sp³-hybridized carbons (Fsp3) is 0.500. The zero-order valence-electron chi connectivity index (χ0n) is 22.5. The number of aliphatic hydroxyl groups is 1. The number of aromatic nitrogens is 7. The first-order chi connectivity index (χ1) is 19.7. The second-order valence-electron chi connectivity index (χ2n) is 9.47. The molecule has 3 fully saturated rings. The minimum atomic E-state index is 0.200. The Hall–Kier alpha value is -4.35. The predicted molar refractivity (Wildman–Crippen MR) is 152 cm³/mol. The average molecular weight is 549 g/mol. The topological polar surface area (TPSA) is 164 Å². The molecule has 212 valence electrons. The van der Waals surface area contributed by atoms with Crippen LogP contribution < -0.4 is 20.4 Å². The number of hydrogen-bond acceptors (Lipinski definition) is 12. The number of nitrogens with one attached hydrogen (secondary N) is 3. The summed E-state index contributed by atoms with van der Waals surface area (Å²) in [5, 5.41) is 22.3. The van der Waals surface area contributed by atoms with Crippen molar-refractivity contribution >= 4 is 35.9 Å². The largest absolute Gasteiger partial charge is 0.395 e. The van der Waals surface area contributed by atoms with Crippen LogP contribution in [0.2, 0.25) is 0 Å². The molecule has 0 radical (unpaired) electrons. The molecule has 3 aliphatic rings. The Morgan fingerprint density at radius 1 is 0.975 bits per heavy atom. The Morgan fingerprint density at radius 3 is 2.27 bits per heavy atom. The number of rotatable bonds is 9. The predicted octanol–water partition coefficient (Wildman–Crippen LogP) is 1.22. The summed E-state index contributed by atoms with van der Waals surface area (Å²) in [7, 11) is 0. The number of hydrogen-bond donors (Lipinski definition) is 4. The van der Waals surface area contributed by atoms with Crippen molar-refractivity contribution in [2.45, 2.75) is 31.6 Å². The number of β-amino-alcohol motifs (C(OH)–C–C–N with tert-alkyl or cyclic N) is 1. The highest BCUT2D eigenvalue weighted by atomic mass is 16.3. The maximum absolute atomic E-state index is 9.80. The van der Waals surface area contributed by atoms with E-state index >= 15 is 0 Å². The third kappa shape index (κ3) is 8.08. The molecule has 3 aromatic heterocycles. The molecule has 0 spiro atoms. The van der Waals surface area contributed by atoms with E-state index < -0.39 is 0 Å². The second kappa shape index (κ2) is 14.7. The van der Waals surface area contributed by atoms with E-state index in [9.17, 15) is 4.79 Å². The summed E-state index contributed by atoms with van der Waals surface area (Å²) in [6, 6.07) is 2.06. The molecule has 1 amide bonds. The van der Waals surface area contributed by atoms with Crippen LogP contribution >= 0.6 is 0 Å². The van der Waals surface area contributed by atoms with Crippen LogP contribution in [0.15, 0.2) is 24.7 Å². The Kier molecular flexibility index (Phi) is 10.5. The van der Waals surface area contributed by atoms with Crippen LogP contribution in [0.4, 0.5) is 29.5 Å². The molecular formula is C26H36N12O2. The van der Waals surface area contributed by atoms with Gasteiger partial charge in [0.25, 0.3) is 0 Å². The molecule has 0 atom stereocenters. The van der Waals surface area contributed by atoms with Crippen molar-refractivity contribution in [3.8, 4) is 12.8 Å². The maximum atomic E-state index is 9.80. The normalized spacial score (nSPS) is 16.8. The van der Waals surface area contributed by atoms with E-state index in [1.165, 1.54) is 50.0 Å².